The topological polar surface area (TPSA) is 74.9 Å². The molecule has 2 unspecified atom stereocenters. The molecule has 0 spiro atoms. The number of rotatable bonds is 8. The first-order valence-corrected chi connectivity index (χ1v) is 11.0. The van der Waals surface area contributed by atoms with Gasteiger partial charge in [0.2, 0.25) is 0 Å². The van der Waals surface area contributed by atoms with Crippen molar-refractivity contribution in [1.82, 2.24) is 5.32 Å². The number of carbonyl (C=O) groups is 1. The summed E-state index contributed by atoms with van der Waals surface area (Å²) in [4.78, 5) is 15.0. The number of nitrogens with one attached hydrogen (secondary N) is 1. The lowest BCUT2D eigenvalue weighted by Gasteiger charge is -2.24. The van der Waals surface area contributed by atoms with E-state index in [1.165, 1.54) is 17.5 Å². The third-order valence-electron chi connectivity index (χ3n) is 5.98. The van der Waals surface area contributed by atoms with Gasteiger partial charge in [0.15, 0.2) is 0 Å². The first kappa shape index (κ1) is 22.0. The van der Waals surface area contributed by atoms with Crippen molar-refractivity contribution in [2.75, 3.05) is 18.1 Å². The second kappa shape index (κ2) is 9.49. The molecule has 0 saturated carbocycles. The molecule has 2 N–H and O–H groups in total. The fraction of sp³-hybridized carbons (Fsp3) is 0.346. The van der Waals surface area contributed by atoms with Crippen LogP contribution in [-0.2, 0) is 13.0 Å². The Bertz CT molecular complexity index is 1070. The number of hydrogen-bond donors (Lipinski definition) is 2. The Morgan fingerprint density at radius 3 is 2.72 bits per heavy atom. The zero-order valence-electron chi connectivity index (χ0n) is 18.8. The highest BCUT2D eigenvalue weighted by molar-refractivity contribution is 5.95. The van der Waals surface area contributed by atoms with Gasteiger partial charge in [0, 0.05) is 18.3 Å². The van der Waals surface area contributed by atoms with E-state index in [2.05, 4.69) is 35.3 Å². The predicted octanol–water partition coefficient (Wildman–Crippen LogP) is 4.02. The molecule has 0 aliphatic carbocycles. The van der Waals surface area contributed by atoms with Crippen molar-refractivity contribution in [2.24, 2.45) is 0 Å². The lowest BCUT2D eigenvalue weighted by molar-refractivity contribution is 0.0840. The number of anilines is 1. The van der Waals surface area contributed by atoms with Crippen LogP contribution >= 0.6 is 0 Å². The lowest BCUT2D eigenvalue weighted by atomic mass is 10.1. The van der Waals surface area contributed by atoms with Crippen LogP contribution in [0.3, 0.4) is 0 Å². The monoisotopic (exact) mass is 434 g/mol. The molecule has 3 aromatic rings. The maximum absolute atomic E-state index is 12.8. The predicted molar refractivity (Wildman–Crippen MR) is 124 cm³/mol. The van der Waals surface area contributed by atoms with Crippen molar-refractivity contribution < 1.29 is 19.1 Å². The molecule has 2 aromatic carbocycles. The Kier molecular flexibility index (Phi) is 6.51. The van der Waals surface area contributed by atoms with Crippen LogP contribution in [0.5, 0.6) is 5.75 Å². The highest BCUT2D eigenvalue weighted by Crippen LogP contribution is 2.33. The highest BCUT2D eigenvalue weighted by atomic mass is 16.5. The number of aliphatic hydroxyl groups excluding tert-OH is 1. The average molecular weight is 435 g/mol. The van der Waals surface area contributed by atoms with Crippen molar-refractivity contribution in [2.45, 2.75) is 45.9 Å². The van der Waals surface area contributed by atoms with Crippen LogP contribution in [-0.4, -0.2) is 36.3 Å². The number of fused-ring (bicyclic) bond motifs is 1. The molecular formula is C26H30N2O4. The summed E-state index contributed by atoms with van der Waals surface area (Å²) in [6.07, 6.45) is 1.70. The SMILES string of the molecule is Cc1cccc(C)c1OCC(O)CNC(=O)c1ccoc1CN1c2ccccc2CC1C. The van der Waals surface area contributed by atoms with Gasteiger partial charge < -0.3 is 24.5 Å². The molecule has 4 rings (SSSR count). The minimum atomic E-state index is -0.821. The van der Waals surface area contributed by atoms with E-state index in [1.54, 1.807) is 6.07 Å². The van der Waals surface area contributed by atoms with Gasteiger partial charge in [0.25, 0.3) is 5.91 Å². The Hall–Kier alpha value is -3.25. The summed E-state index contributed by atoms with van der Waals surface area (Å²) >= 11 is 0. The first-order valence-electron chi connectivity index (χ1n) is 11.0. The molecule has 2 atom stereocenters. The largest absolute Gasteiger partial charge is 0.490 e. The Labute approximate surface area is 188 Å². The minimum absolute atomic E-state index is 0.0946. The van der Waals surface area contributed by atoms with Gasteiger partial charge in [-0.2, -0.15) is 0 Å². The Morgan fingerprint density at radius 1 is 1.19 bits per heavy atom. The molecule has 2 heterocycles. The Balaban J connectivity index is 1.34. The van der Waals surface area contributed by atoms with Crippen molar-refractivity contribution >= 4 is 11.6 Å². The minimum Gasteiger partial charge on any atom is -0.490 e. The van der Waals surface area contributed by atoms with E-state index in [0.29, 0.717) is 23.9 Å². The van der Waals surface area contributed by atoms with E-state index in [1.807, 2.05) is 38.1 Å². The smallest absolute Gasteiger partial charge is 0.254 e. The van der Waals surface area contributed by atoms with Crippen LogP contribution in [0.1, 0.15) is 39.7 Å². The van der Waals surface area contributed by atoms with E-state index in [-0.39, 0.29) is 19.1 Å². The number of ether oxygens (including phenoxy) is 1. The second-order valence-corrected chi connectivity index (χ2v) is 8.46. The van der Waals surface area contributed by atoms with Gasteiger partial charge in [-0.25, -0.2) is 0 Å². The van der Waals surface area contributed by atoms with Crippen LogP contribution in [0.25, 0.3) is 0 Å². The first-order chi connectivity index (χ1) is 15.4. The van der Waals surface area contributed by atoms with Gasteiger partial charge in [-0.15, -0.1) is 0 Å². The van der Waals surface area contributed by atoms with E-state index >= 15 is 0 Å². The van der Waals surface area contributed by atoms with E-state index in [4.69, 9.17) is 9.15 Å². The molecule has 6 nitrogen and oxygen atoms in total. The fourth-order valence-electron chi connectivity index (χ4n) is 4.26. The fourth-order valence-corrected chi connectivity index (χ4v) is 4.26. The van der Waals surface area contributed by atoms with Crippen LogP contribution in [0.2, 0.25) is 0 Å². The summed E-state index contributed by atoms with van der Waals surface area (Å²) in [7, 11) is 0. The van der Waals surface area contributed by atoms with Crippen LogP contribution in [0.15, 0.2) is 59.2 Å². The summed E-state index contributed by atoms with van der Waals surface area (Å²) < 4.78 is 11.4. The molecule has 1 aliphatic heterocycles. The molecule has 168 valence electrons. The molecule has 1 aliphatic rings. The normalized spacial score (nSPS) is 16.0. The van der Waals surface area contributed by atoms with Crippen molar-refractivity contribution in [3.8, 4) is 5.75 Å². The van der Waals surface area contributed by atoms with E-state index in [9.17, 15) is 9.90 Å². The number of furan rings is 1. The van der Waals surface area contributed by atoms with Crippen molar-refractivity contribution in [3.05, 3.63) is 82.8 Å². The maximum atomic E-state index is 12.8. The molecule has 0 fully saturated rings. The molecule has 0 radical (unpaired) electrons. The maximum Gasteiger partial charge on any atom is 0.254 e. The van der Waals surface area contributed by atoms with Gasteiger partial charge in [0.05, 0.1) is 18.4 Å². The van der Waals surface area contributed by atoms with Gasteiger partial charge >= 0.3 is 0 Å². The zero-order chi connectivity index (χ0) is 22.7. The summed E-state index contributed by atoms with van der Waals surface area (Å²) in [5, 5.41) is 13.1. The van der Waals surface area contributed by atoms with Crippen molar-refractivity contribution in [1.29, 1.82) is 0 Å². The molecule has 6 heteroatoms. The number of aryl methyl sites for hydroxylation is 2. The molecule has 0 bridgehead atoms. The van der Waals surface area contributed by atoms with Crippen molar-refractivity contribution in [3.63, 3.8) is 0 Å². The summed E-state index contributed by atoms with van der Waals surface area (Å²) in [5.74, 6) is 1.13. The molecule has 1 amide bonds. The van der Waals surface area contributed by atoms with Gasteiger partial charge in [-0.3, -0.25) is 4.79 Å². The molecule has 1 aromatic heterocycles. The highest BCUT2D eigenvalue weighted by Gasteiger charge is 2.28. The number of para-hydroxylation sites is 2. The molecular weight excluding hydrogens is 404 g/mol. The molecule has 0 saturated heterocycles. The van der Waals surface area contributed by atoms with Gasteiger partial charge in [-0.1, -0.05) is 36.4 Å². The van der Waals surface area contributed by atoms with Crippen LogP contribution in [0, 0.1) is 13.8 Å². The lowest BCUT2D eigenvalue weighted by Crippen LogP contribution is -2.36. The number of carbonyl (C=O) groups excluding carboxylic acids is 1. The van der Waals surface area contributed by atoms with Gasteiger partial charge in [-0.05, 0) is 56.0 Å². The number of nitrogens with zero attached hydrogens (tertiary/aromatic N) is 1. The average Bonchev–Trinajstić information content (AvgIpc) is 3.36. The zero-order valence-corrected chi connectivity index (χ0v) is 18.8. The van der Waals surface area contributed by atoms with Gasteiger partial charge in [0.1, 0.15) is 24.2 Å². The molecule has 32 heavy (non-hydrogen) atoms. The third-order valence-corrected chi connectivity index (χ3v) is 5.98. The van der Waals surface area contributed by atoms with E-state index < -0.39 is 6.10 Å². The van der Waals surface area contributed by atoms with Crippen LogP contribution in [0.4, 0.5) is 5.69 Å². The number of benzene rings is 2. The third kappa shape index (κ3) is 4.65. The second-order valence-electron chi connectivity index (χ2n) is 8.46. The summed E-state index contributed by atoms with van der Waals surface area (Å²) in [5.41, 5.74) is 5.01. The standard InChI is InChI=1S/C26H30N2O4/c1-17-7-6-8-18(2)25(17)32-16-21(29)14-27-26(30)22-11-12-31-24(22)15-28-19(3)13-20-9-4-5-10-23(20)28/h4-12,19,21,29H,13-16H2,1-3H3,(H,27,30). The number of hydrogen-bond acceptors (Lipinski definition) is 5. The Morgan fingerprint density at radius 2 is 1.94 bits per heavy atom. The summed E-state index contributed by atoms with van der Waals surface area (Å²) in [6.45, 7) is 6.83. The number of amides is 1. The van der Waals surface area contributed by atoms with E-state index in [0.717, 1.165) is 23.3 Å². The quantitative estimate of drug-likeness (QED) is 0.560. The van der Waals surface area contributed by atoms with Crippen LogP contribution < -0.4 is 15.0 Å². The number of aliphatic hydroxyl groups is 1. The summed E-state index contributed by atoms with van der Waals surface area (Å²) in [6, 6.07) is 16.2.